The summed E-state index contributed by atoms with van der Waals surface area (Å²) in [7, 11) is 1.28. The summed E-state index contributed by atoms with van der Waals surface area (Å²) in [5.74, 6) is -1.21. The van der Waals surface area contributed by atoms with Crippen LogP contribution in [0.2, 0.25) is 0 Å². The molecule has 0 saturated carbocycles. The number of rotatable bonds is 5. The molecule has 0 spiro atoms. The van der Waals surface area contributed by atoms with Gasteiger partial charge in [0.1, 0.15) is 5.75 Å². The number of methoxy groups -OCH3 is 1. The summed E-state index contributed by atoms with van der Waals surface area (Å²) in [4.78, 5) is 37.6. The number of ether oxygens (including phenoxy) is 2. The second kappa shape index (κ2) is 7.23. The molecule has 0 aromatic heterocycles. The number of carbonyl (C=O) groups is 3. The smallest absolute Gasteiger partial charge is 0.330 e. The Morgan fingerprint density at radius 2 is 1.88 bits per heavy atom. The van der Waals surface area contributed by atoms with Crippen molar-refractivity contribution in [3.05, 3.63) is 59.7 Å². The van der Waals surface area contributed by atoms with Crippen LogP contribution in [-0.4, -0.2) is 31.4 Å². The van der Waals surface area contributed by atoms with E-state index in [-0.39, 0.29) is 5.56 Å². The lowest BCUT2D eigenvalue weighted by Crippen LogP contribution is -2.25. The van der Waals surface area contributed by atoms with Gasteiger partial charge in [-0.15, -0.1) is 0 Å². The Morgan fingerprint density at radius 3 is 2.62 bits per heavy atom. The van der Waals surface area contributed by atoms with Gasteiger partial charge >= 0.3 is 11.9 Å². The zero-order chi connectivity index (χ0) is 18.7. The molecule has 0 atom stereocenters. The molecule has 1 aliphatic heterocycles. The zero-order valence-electron chi connectivity index (χ0n) is 14.4. The molecule has 0 aliphatic carbocycles. The predicted molar refractivity (Wildman–Crippen MR) is 96.6 cm³/mol. The van der Waals surface area contributed by atoms with Gasteiger partial charge < -0.3 is 9.47 Å². The SMILES string of the molecule is CCOc1ccccc1N1C(=O)C(=O)c2cc(/C=C/C(=O)OC)ccc21. The van der Waals surface area contributed by atoms with E-state index in [0.717, 1.165) is 0 Å². The maximum Gasteiger partial charge on any atom is 0.330 e. The number of ketones is 1. The van der Waals surface area contributed by atoms with Crippen LogP contribution in [0.25, 0.3) is 6.08 Å². The summed E-state index contributed by atoms with van der Waals surface area (Å²) in [6.45, 7) is 2.29. The second-order valence-electron chi connectivity index (χ2n) is 5.50. The molecule has 0 N–H and O–H groups in total. The van der Waals surface area contributed by atoms with Crippen LogP contribution in [0.1, 0.15) is 22.8 Å². The number of hydrogen-bond acceptors (Lipinski definition) is 5. The van der Waals surface area contributed by atoms with Gasteiger partial charge in [0.05, 0.1) is 30.7 Å². The van der Waals surface area contributed by atoms with E-state index in [9.17, 15) is 14.4 Å². The normalized spacial score (nSPS) is 13.2. The minimum Gasteiger partial charge on any atom is -0.492 e. The molecule has 0 bridgehead atoms. The number of anilines is 2. The fourth-order valence-corrected chi connectivity index (χ4v) is 2.75. The third-order valence-corrected chi connectivity index (χ3v) is 3.92. The number of carbonyl (C=O) groups excluding carboxylic acids is 3. The van der Waals surface area contributed by atoms with Gasteiger partial charge in [0, 0.05) is 6.08 Å². The minimum absolute atomic E-state index is 0.285. The molecule has 1 heterocycles. The number of esters is 1. The molecule has 0 saturated heterocycles. The van der Waals surface area contributed by atoms with Crippen LogP contribution in [0.5, 0.6) is 5.75 Å². The van der Waals surface area contributed by atoms with Gasteiger partial charge in [-0.25, -0.2) is 4.79 Å². The number of benzene rings is 2. The lowest BCUT2D eigenvalue weighted by atomic mass is 10.1. The first-order chi connectivity index (χ1) is 12.6. The fourth-order valence-electron chi connectivity index (χ4n) is 2.75. The minimum atomic E-state index is -0.638. The van der Waals surface area contributed by atoms with Crippen LogP contribution < -0.4 is 9.64 Å². The molecule has 0 fully saturated rings. The van der Waals surface area contributed by atoms with Crippen molar-refractivity contribution in [3.63, 3.8) is 0 Å². The van der Waals surface area contributed by atoms with Crippen LogP contribution >= 0.6 is 0 Å². The van der Waals surface area contributed by atoms with Gasteiger partial charge in [-0.1, -0.05) is 18.2 Å². The number of amides is 1. The summed E-state index contributed by atoms with van der Waals surface area (Å²) in [5, 5.41) is 0. The Morgan fingerprint density at radius 1 is 1.12 bits per heavy atom. The van der Waals surface area contributed by atoms with Crippen molar-refractivity contribution in [2.45, 2.75) is 6.92 Å². The largest absolute Gasteiger partial charge is 0.492 e. The van der Waals surface area contributed by atoms with E-state index in [0.29, 0.717) is 29.3 Å². The first-order valence-corrected chi connectivity index (χ1v) is 8.07. The maximum absolute atomic E-state index is 12.6. The molecular formula is C20H17NO5. The Hall–Kier alpha value is -3.41. The number of fused-ring (bicyclic) bond motifs is 1. The van der Waals surface area contributed by atoms with Gasteiger partial charge in [0.2, 0.25) is 0 Å². The molecule has 3 rings (SSSR count). The van der Waals surface area contributed by atoms with Crippen molar-refractivity contribution in [2.24, 2.45) is 0 Å². The monoisotopic (exact) mass is 351 g/mol. The van der Waals surface area contributed by atoms with Crippen molar-refractivity contribution in [1.82, 2.24) is 0 Å². The lowest BCUT2D eigenvalue weighted by Gasteiger charge is -2.20. The van der Waals surface area contributed by atoms with E-state index in [1.165, 1.54) is 24.2 Å². The summed E-state index contributed by atoms with van der Waals surface area (Å²) in [5.41, 5.74) is 1.91. The highest BCUT2D eigenvalue weighted by Gasteiger charge is 2.38. The van der Waals surface area contributed by atoms with E-state index in [1.54, 1.807) is 42.5 Å². The van der Waals surface area contributed by atoms with Crippen LogP contribution in [0.15, 0.2) is 48.5 Å². The third-order valence-electron chi connectivity index (χ3n) is 3.92. The Kier molecular flexibility index (Phi) is 4.84. The summed E-state index contributed by atoms with van der Waals surface area (Å²) >= 11 is 0. The van der Waals surface area contributed by atoms with E-state index in [4.69, 9.17) is 4.74 Å². The first kappa shape index (κ1) is 17.4. The molecule has 0 unspecified atom stereocenters. The molecule has 26 heavy (non-hydrogen) atoms. The zero-order valence-corrected chi connectivity index (χ0v) is 14.4. The van der Waals surface area contributed by atoms with Crippen LogP contribution in [0, 0.1) is 0 Å². The molecule has 6 heteroatoms. The molecule has 132 valence electrons. The van der Waals surface area contributed by atoms with E-state index >= 15 is 0 Å². The standard InChI is InChI=1S/C20H17NO5/c1-3-26-17-7-5-4-6-16(17)21-15-10-8-13(9-11-18(22)25-2)12-14(15)19(23)20(21)24/h4-12H,3H2,1-2H3/b11-9+. The van der Waals surface area contributed by atoms with Crippen molar-refractivity contribution in [1.29, 1.82) is 0 Å². The number of nitrogens with zero attached hydrogens (tertiary/aromatic N) is 1. The van der Waals surface area contributed by atoms with Crippen molar-refractivity contribution in [3.8, 4) is 5.75 Å². The van der Waals surface area contributed by atoms with Crippen molar-refractivity contribution < 1.29 is 23.9 Å². The fraction of sp³-hybridized carbons (Fsp3) is 0.150. The molecule has 2 aromatic carbocycles. The van der Waals surface area contributed by atoms with Gasteiger partial charge in [-0.3, -0.25) is 14.5 Å². The van der Waals surface area contributed by atoms with Gasteiger partial charge in [-0.2, -0.15) is 0 Å². The summed E-state index contributed by atoms with van der Waals surface area (Å²) < 4.78 is 10.1. The first-order valence-electron chi connectivity index (χ1n) is 8.07. The highest BCUT2D eigenvalue weighted by Crippen LogP contribution is 2.40. The van der Waals surface area contributed by atoms with Gasteiger partial charge in [-0.05, 0) is 42.8 Å². The second-order valence-corrected chi connectivity index (χ2v) is 5.50. The molecule has 1 aliphatic rings. The lowest BCUT2D eigenvalue weighted by molar-refractivity contribution is -0.134. The van der Waals surface area contributed by atoms with Crippen molar-refractivity contribution >= 4 is 35.1 Å². The van der Waals surface area contributed by atoms with Gasteiger partial charge in [0.25, 0.3) is 5.78 Å². The Bertz CT molecular complexity index is 916. The highest BCUT2D eigenvalue weighted by molar-refractivity contribution is 6.53. The predicted octanol–water partition coefficient (Wildman–Crippen LogP) is 3.13. The van der Waals surface area contributed by atoms with Crippen LogP contribution in [-0.2, 0) is 14.3 Å². The molecule has 0 radical (unpaired) electrons. The average molecular weight is 351 g/mol. The maximum atomic E-state index is 12.6. The molecule has 2 aromatic rings. The van der Waals surface area contributed by atoms with E-state index < -0.39 is 17.7 Å². The summed E-state index contributed by atoms with van der Waals surface area (Å²) in [6, 6.07) is 12.1. The summed E-state index contributed by atoms with van der Waals surface area (Å²) in [6.07, 6.45) is 2.78. The van der Waals surface area contributed by atoms with E-state index in [2.05, 4.69) is 4.74 Å². The van der Waals surface area contributed by atoms with Crippen molar-refractivity contribution in [2.75, 3.05) is 18.6 Å². The Labute approximate surface area is 150 Å². The van der Waals surface area contributed by atoms with Crippen LogP contribution in [0.4, 0.5) is 11.4 Å². The van der Waals surface area contributed by atoms with Gasteiger partial charge in [0.15, 0.2) is 0 Å². The van der Waals surface area contributed by atoms with E-state index in [1.807, 2.05) is 6.92 Å². The average Bonchev–Trinajstić information content (AvgIpc) is 2.91. The number of hydrogen-bond donors (Lipinski definition) is 0. The molecule has 6 nitrogen and oxygen atoms in total. The molecular weight excluding hydrogens is 334 g/mol. The third kappa shape index (κ3) is 3.09. The molecule has 1 amide bonds. The number of para-hydroxylation sites is 2. The quantitative estimate of drug-likeness (QED) is 0.470. The topological polar surface area (TPSA) is 72.9 Å². The highest BCUT2D eigenvalue weighted by atomic mass is 16.5. The number of Topliss-reactive ketones (excluding diaryl/α,β-unsaturated/α-hetero) is 1. The Balaban J connectivity index is 2.03. The van der Waals surface area contributed by atoms with Crippen LogP contribution in [0.3, 0.4) is 0 Å².